The number of nitrogens with zero attached hydrogens (tertiary/aromatic N) is 4. The van der Waals surface area contributed by atoms with Crippen LogP contribution < -0.4 is 0 Å². The minimum atomic E-state index is -3.91. The second-order valence-electron chi connectivity index (χ2n) is 14.3. The van der Waals surface area contributed by atoms with E-state index in [0.717, 1.165) is 84.6 Å². The van der Waals surface area contributed by atoms with E-state index in [2.05, 4.69) is 141 Å². The van der Waals surface area contributed by atoms with Crippen molar-refractivity contribution in [1.82, 2.24) is 13.7 Å². The highest BCUT2D eigenvalue weighted by Crippen LogP contribution is 2.50. The molecule has 0 amide bonds. The topological polar surface area (TPSA) is 72.7 Å². The standard InChI is InChI=1S/C49H32N4O2S/c50-31-32-26-28-36(29-27-32)56(54,55)37-19-13-18-35(30-37)53-43-25-12-9-22-40(43)46-48-44(38-20-7-10-23-41(38)51(48)33-14-3-1-4-15-33)47-45(49(46)53)39-21-8-11-24-42(39)52(47)34-16-5-2-6-17-34/h2-3,5-30H,1,4H2. The lowest BCUT2D eigenvalue weighted by Crippen LogP contribution is -2.04. The average Bonchev–Trinajstić information content (AvgIpc) is 3.90. The minimum absolute atomic E-state index is 0.143. The van der Waals surface area contributed by atoms with Crippen LogP contribution in [0, 0.1) is 11.3 Å². The van der Waals surface area contributed by atoms with Gasteiger partial charge in [0, 0.05) is 49.4 Å². The summed E-state index contributed by atoms with van der Waals surface area (Å²) in [5.41, 5.74) is 9.76. The summed E-state index contributed by atoms with van der Waals surface area (Å²) >= 11 is 0. The Balaban J connectivity index is 1.38. The predicted octanol–water partition coefficient (Wildman–Crippen LogP) is 11.9. The number of para-hydroxylation sites is 4. The third-order valence-electron chi connectivity index (χ3n) is 11.3. The van der Waals surface area contributed by atoms with Crippen LogP contribution in [0.3, 0.4) is 0 Å². The third-order valence-corrected chi connectivity index (χ3v) is 13.0. The van der Waals surface area contributed by atoms with E-state index in [1.54, 1.807) is 24.3 Å². The molecular formula is C49H32N4O2S. The van der Waals surface area contributed by atoms with E-state index in [1.165, 1.54) is 22.9 Å². The van der Waals surface area contributed by atoms with Gasteiger partial charge in [-0.15, -0.1) is 0 Å². The van der Waals surface area contributed by atoms with E-state index in [4.69, 9.17) is 0 Å². The summed E-state index contributed by atoms with van der Waals surface area (Å²) < 4.78 is 35.5. The van der Waals surface area contributed by atoms with Crippen molar-refractivity contribution in [1.29, 1.82) is 5.26 Å². The Morgan fingerprint density at radius 2 is 1.02 bits per heavy atom. The van der Waals surface area contributed by atoms with Crippen molar-refractivity contribution in [3.63, 3.8) is 0 Å². The molecule has 7 heteroatoms. The van der Waals surface area contributed by atoms with Crippen LogP contribution in [0.2, 0.25) is 0 Å². The molecule has 0 saturated heterocycles. The molecule has 3 heterocycles. The summed E-state index contributed by atoms with van der Waals surface area (Å²) in [4.78, 5) is 0.325. The number of nitriles is 1. The lowest BCUT2D eigenvalue weighted by atomic mass is 10.0. The number of sulfone groups is 1. The number of rotatable bonds is 5. The molecule has 0 unspecified atom stereocenters. The van der Waals surface area contributed by atoms with Crippen LogP contribution >= 0.6 is 0 Å². The Labute approximate surface area is 322 Å². The predicted molar refractivity (Wildman–Crippen MR) is 227 cm³/mol. The molecule has 10 aromatic rings. The van der Waals surface area contributed by atoms with Gasteiger partial charge in [-0.2, -0.15) is 5.26 Å². The molecular weight excluding hydrogens is 709 g/mol. The lowest BCUT2D eigenvalue weighted by Gasteiger charge is -2.15. The average molecular weight is 741 g/mol. The van der Waals surface area contributed by atoms with Gasteiger partial charge in [0.05, 0.1) is 54.5 Å². The molecule has 1 aliphatic carbocycles. The molecule has 11 rings (SSSR count). The van der Waals surface area contributed by atoms with Gasteiger partial charge in [-0.3, -0.25) is 0 Å². The summed E-state index contributed by atoms with van der Waals surface area (Å²) in [6.45, 7) is 0. The first kappa shape index (κ1) is 32.3. The lowest BCUT2D eigenvalue weighted by molar-refractivity contribution is 0.596. The molecule has 0 atom stereocenters. The summed E-state index contributed by atoms with van der Waals surface area (Å²) in [6, 6.07) is 51.8. The van der Waals surface area contributed by atoms with Gasteiger partial charge in [0.2, 0.25) is 9.84 Å². The third kappa shape index (κ3) is 4.51. The Morgan fingerprint density at radius 3 is 1.59 bits per heavy atom. The van der Waals surface area contributed by atoms with Crippen molar-refractivity contribution in [2.45, 2.75) is 22.6 Å². The molecule has 7 aromatic carbocycles. The van der Waals surface area contributed by atoms with Crippen molar-refractivity contribution >= 4 is 81.0 Å². The van der Waals surface area contributed by atoms with E-state index in [1.807, 2.05) is 12.1 Å². The summed E-state index contributed by atoms with van der Waals surface area (Å²) in [5, 5.41) is 16.1. The molecule has 6 nitrogen and oxygen atoms in total. The number of hydrogen-bond donors (Lipinski definition) is 0. The normalized spacial score (nSPS) is 13.4. The van der Waals surface area contributed by atoms with E-state index >= 15 is 0 Å². The van der Waals surface area contributed by atoms with Crippen LogP contribution in [0.1, 0.15) is 18.4 Å². The number of benzene rings is 7. The highest BCUT2D eigenvalue weighted by molar-refractivity contribution is 7.91. The molecule has 0 bridgehead atoms. The zero-order chi connectivity index (χ0) is 37.5. The first-order chi connectivity index (χ1) is 27.5. The monoisotopic (exact) mass is 740 g/mol. The Bertz CT molecular complexity index is 3480. The van der Waals surface area contributed by atoms with Crippen LogP contribution in [-0.2, 0) is 9.84 Å². The maximum Gasteiger partial charge on any atom is 0.206 e. The van der Waals surface area contributed by atoms with Crippen molar-refractivity contribution in [2.75, 3.05) is 0 Å². The van der Waals surface area contributed by atoms with Gasteiger partial charge >= 0.3 is 0 Å². The van der Waals surface area contributed by atoms with Gasteiger partial charge in [0.1, 0.15) is 0 Å². The summed E-state index contributed by atoms with van der Waals surface area (Å²) in [5.74, 6) is 0. The highest BCUT2D eigenvalue weighted by atomic mass is 32.2. The smallest absolute Gasteiger partial charge is 0.206 e. The second-order valence-corrected chi connectivity index (χ2v) is 16.3. The molecule has 266 valence electrons. The maximum absolute atomic E-state index is 14.2. The molecule has 0 fully saturated rings. The SMILES string of the molecule is N#Cc1ccc(S(=O)(=O)c2cccc(-n3c4ccccc4c4c5c(c6ccccc6n5C5=CCCC=C5)c5c(c6ccccc6n5-c5ccccc5)c43)c2)cc1. The molecule has 56 heavy (non-hydrogen) atoms. The van der Waals surface area contributed by atoms with E-state index in [0.29, 0.717) is 5.56 Å². The van der Waals surface area contributed by atoms with E-state index in [9.17, 15) is 13.7 Å². The molecule has 0 N–H and O–H groups in total. The number of hydrogen-bond acceptors (Lipinski definition) is 3. The first-order valence-corrected chi connectivity index (χ1v) is 20.2. The molecule has 0 spiro atoms. The quantitative estimate of drug-likeness (QED) is 0.176. The summed E-state index contributed by atoms with van der Waals surface area (Å²) in [7, 11) is -3.91. The number of allylic oxidation sites excluding steroid dienone is 4. The molecule has 0 radical (unpaired) electrons. The number of aromatic nitrogens is 3. The molecule has 1 aliphatic rings. The fraction of sp³-hybridized carbons (Fsp3) is 0.0408. The van der Waals surface area contributed by atoms with Gasteiger partial charge in [-0.1, -0.05) is 91.0 Å². The van der Waals surface area contributed by atoms with Gasteiger partial charge in [0.25, 0.3) is 0 Å². The van der Waals surface area contributed by atoms with Gasteiger partial charge in [-0.05, 0) is 91.7 Å². The summed E-state index contributed by atoms with van der Waals surface area (Å²) in [6.07, 6.45) is 8.80. The van der Waals surface area contributed by atoms with Gasteiger partial charge in [0.15, 0.2) is 0 Å². The Hall–Kier alpha value is -7.14. The molecule has 3 aromatic heterocycles. The van der Waals surface area contributed by atoms with Crippen molar-refractivity contribution in [3.05, 3.63) is 175 Å². The second kappa shape index (κ2) is 12.2. The van der Waals surface area contributed by atoms with Crippen molar-refractivity contribution in [3.8, 4) is 17.4 Å². The zero-order valence-corrected chi connectivity index (χ0v) is 30.9. The number of fused-ring (bicyclic) bond motifs is 12. The van der Waals surface area contributed by atoms with E-state index in [-0.39, 0.29) is 9.79 Å². The van der Waals surface area contributed by atoms with Gasteiger partial charge < -0.3 is 13.7 Å². The Morgan fingerprint density at radius 1 is 0.500 bits per heavy atom. The van der Waals surface area contributed by atoms with Crippen LogP contribution in [0.4, 0.5) is 0 Å². The Kier molecular flexibility index (Phi) is 7.03. The first-order valence-electron chi connectivity index (χ1n) is 18.7. The van der Waals surface area contributed by atoms with Crippen LogP contribution in [0.5, 0.6) is 0 Å². The van der Waals surface area contributed by atoms with Gasteiger partial charge in [-0.25, -0.2) is 8.42 Å². The van der Waals surface area contributed by atoms with E-state index < -0.39 is 9.84 Å². The molecule has 0 saturated carbocycles. The van der Waals surface area contributed by atoms with Crippen LogP contribution in [0.15, 0.2) is 180 Å². The highest BCUT2D eigenvalue weighted by Gasteiger charge is 2.29. The largest absolute Gasteiger partial charge is 0.309 e. The van der Waals surface area contributed by atoms with Crippen LogP contribution in [0.25, 0.3) is 82.5 Å². The minimum Gasteiger partial charge on any atom is -0.309 e. The fourth-order valence-corrected chi connectivity index (χ4v) is 10.2. The van der Waals surface area contributed by atoms with Crippen LogP contribution in [-0.4, -0.2) is 22.1 Å². The fourth-order valence-electron chi connectivity index (χ4n) is 8.93. The maximum atomic E-state index is 14.2. The zero-order valence-electron chi connectivity index (χ0n) is 30.1. The van der Waals surface area contributed by atoms with Crippen molar-refractivity contribution < 1.29 is 8.42 Å². The molecule has 0 aliphatic heterocycles. The van der Waals surface area contributed by atoms with Crippen molar-refractivity contribution in [2.24, 2.45) is 0 Å².